The minimum atomic E-state index is -0.316. The number of hydrogen-bond donors (Lipinski definition) is 1. The normalized spacial score (nSPS) is 15.3. The molecule has 100 valence electrons. The second kappa shape index (κ2) is 5.09. The number of aliphatic imine (C=N–C) groups is 1. The third-order valence-electron chi connectivity index (χ3n) is 2.89. The van der Waals surface area contributed by atoms with Crippen molar-refractivity contribution in [2.75, 3.05) is 5.32 Å². The Labute approximate surface area is 130 Å². The van der Waals surface area contributed by atoms with E-state index in [9.17, 15) is 4.79 Å². The lowest BCUT2D eigenvalue weighted by Crippen LogP contribution is -2.13. The Morgan fingerprint density at radius 3 is 2.45 bits per heavy atom. The van der Waals surface area contributed by atoms with E-state index in [1.165, 1.54) is 0 Å². The van der Waals surface area contributed by atoms with Crippen molar-refractivity contribution in [3.05, 3.63) is 57.0 Å². The molecule has 3 rings (SSSR count). The van der Waals surface area contributed by atoms with Crippen molar-refractivity contribution in [3.63, 3.8) is 0 Å². The number of amides is 1. The van der Waals surface area contributed by atoms with Gasteiger partial charge in [0, 0.05) is 5.56 Å². The second-order valence-electron chi connectivity index (χ2n) is 4.15. The number of carbonyl (C=O) groups is 1. The highest BCUT2D eigenvalue weighted by atomic mass is 35.5. The molecule has 6 heteroatoms. The van der Waals surface area contributed by atoms with Crippen LogP contribution >= 0.6 is 34.8 Å². The molecule has 0 bridgehead atoms. The minimum absolute atomic E-state index is 0.270. The molecule has 0 spiro atoms. The zero-order chi connectivity index (χ0) is 14.3. The summed E-state index contributed by atoms with van der Waals surface area (Å²) in [4.78, 5) is 16.3. The van der Waals surface area contributed by atoms with Gasteiger partial charge in [-0.15, -0.1) is 0 Å². The summed E-state index contributed by atoms with van der Waals surface area (Å²) in [6.45, 7) is 0. The highest BCUT2D eigenvalue weighted by Crippen LogP contribution is 2.35. The molecule has 1 heterocycles. The van der Waals surface area contributed by atoms with Gasteiger partial charge in [0.05, 0.1) is 26.4 Å². The lowest BCUT2D eigenvalue weighted by molar-refractivity contribution is -0.110. The summed E-state index contributed by atoms with van der Waals surface area (Å²) < 4.78 is 0. The molecule has 0 atom stereocenters. The molecule has 0 saturated heterocycles. The van der Waals surface area contributed by atoms with Gasteiger partial charge in [-0.05, 0) is 18.2 Å². The molecule has 0 fully saturated rings. The molecule has 0 aliphatic carbocycles. The van der Waals surface area contributed by atoms with Crippen LogP contribution in [0.2, 0.25) is 15.1 Å². The van der Waals surface area contributed by atoms with Gasteiger partial charge in [0.25, 0.3) is 5.91 Å². The molecule has 2 aromatic carbocycles. The zero-order valence-electron chi connectivity index (χ0n) is 9.95. The van der Waals surface area contributed by atoms with Crippen molar-refractivity contribution in [2.24, 2.45) is 4.99 Å². The lowest BCUT2D eigenvalue weighted by atomic mass is 10.1. The maximum Gasteiger partial charge on any atom is 0.275 e. The molecule has 0 aromatic heterocycles. The first-order valence-corrected chi connectivity index (χ1v) is 6.84. The molecule has 2 aromatic rings. The van der Waals surface area contributed by atoms with Crippen molar-refractivity contribution in [1.29, 1.82) is 0 Å². The Balaban J connectivity index is 2.16. The number of anilines is 1. The van der Waals surface area contributed by atoms with Gasteiger partial charge in [-0.3, -0.25) is 4.79 Å². The van der Waals surface area contributed by atoms with Crippen LogP contribution in [-0.2, 0) is 4.79 Å². The van der Waals surface area contributed by atoms with Gasteiger partial charge in [-0.2, -0.15) is 0 Å². The zero-order valence-corrected chi connectivity index (χ0v) is 12.2. The predicted octanol–water partition coefficient (Wildman–Crippen LogP) is 4.72. The van der Waals surface area contributed by atoms with Gasteiger partial charge in [0.15, 0.2) is 0 Å². The monoisotopic (exact) mass is 324 g/mol. The number of halogens is 3. The summed E-state index contributed by atoms with van der Waals surface area (Å²) in [5, 5.41) is 3.86. The third kappa shape index (κ3) is 2.18. The largest absolute Gasteiger partial charge is 0.319 e. The van der Waals surface area contributed by atoms with Gasteiger partial charge in [-0.1, -0.05) is 53.0 Å². The molecule has 0 radical (unpaired) electrons. The van der Waals surface area contributed by atoms with E-state index >= 15 is 0 Å². The SMILES string of the molecule is O=C1Nc2c(Cl)cccc2C1=Nc1cccc(Cl)c1Cl. The smallest absolute Gasteiger partial charge is 0.275 e. The Kier molecular flexibility index (Phi) is 3.42. The molecule has 1 N–H and O–H groups in total. The van der Waals surface area contributed by atoms with Crippen LogP contribution in [0.15, 0.2) is 41.4 Å². The first-order chi connectivity index (χ1) is 9.58. The molecule has 1 aliphatic rings. The highest BCUT2D eigenvalue weighted by Gasteiger charge is 2.27. The number of rotatable bonds is 1. The van der Waals surface area contributed by atoms with E-state index in [4.69, 9.17) is 34.8 Å². The molecule has 0 saturated carbocycles. The van der Waals surface area contributed by atoms with Gasteiger partial charge < -0.3 is 5.32 Å². The van der Waals surface area contributed by atoms with E-state index < -0.39 is 0 Å². The number of nitrogens with one attached hydrogen (secondary N) is 1. The quantitative estimate of drug-likeness (QED) is 0.810. The molecule has 0 unspecified atom stereocenters. The summed E-state index contributed by atoms with van der Waals surface area (Å²) in [7, 11) is 0. The number of carbonyl (C=O) groups excluding carboxylic acids is 1. The Bertz CT molecular complexity index is 756. The lowest BCUT2D eigenvalue weighted by Gasteiger charge is -2.02. The molecule has 1 amide bonds. The van der Waals surface area contributed by atoms with E-state index in [1.54, 1.807) is 36.4 Å². The first-order valence-electron chi connectivity index (χ1n) is 5.71. The fraction of sp³-hybridized carbons (Fsp3) is 0. The second-order valence-corrected chi connectivity index (χ2v) is 5.34. The molecule has 1 aliphatic heterocycles. The Hall–Kier alpha value is -1.55. The molecule has 20 heavy (non-hydrogen) atoms. The van der Waals surface area contributed by atoms with E-state index in [-0.39, 0.29) is 11.6 Å². The van der Waals surface area contributed by atoms with Crippen LogP contribution in [0.1, 0.15) is 5.56 Å². The van der Waals surface area contributed by atoms with Crippen molar-refractivity contribution in [2.45, 2.75) is 0 Å². The number of para-hydroxylation sites is 1. The topological polar surface area (TPSA) is 41.5 Å². The maximum absolute atomic E-state index is 12.0. The van der Waals surface area contributed by atoms with Gasteiger partial charge in [0.2, 0.25) is 0 Å². The average Bonchev–Trinajstić information content (AvgIpc) is 2.74. The van der Waals surface area contributed by atoms with Gasteiger partial charge >= 0.3 is 0 Å². The molecule has 3 nitrogen and oxygen atoms in total. The van der Waals surface area contributed by atoms with E-state index in [0.29, 0.717) is 32.0 Å². The van der Waals surface area contributed by atoms with Crippen LogP contribution < -0.4 is 5.32 Å². The third-order valence-corrected chi connectivity index (χ3v) is 4.01. The molecular weight excluding hydrogens is 319 g/mol. The highest BCUT2D eigenvalue weighted by molar-refractivity contribution is 6.56. The van der Waals surface area contributed by atoms with Crippen LogP contribution in [0.5, 0.6) is 0 Å². The van der Waals surface area contributed by atoms with E-state index in [0.717, 1.165) is 0 Å². The van der Waals surface area contributed by atoms with Crippen molar-refractivity contribution < 1.29 is 4.79 Å². The minimum Gasteiger partial charge on any atom is -0.319 e. The summed E-state index contributed by atoms with van der Waals surface area (Å²) in [6, 6.07) is 10.3. The Morgan fingerprint density at radius 1 is 0.950 bits per heavy atom. The van der Waals surface area contributed by atoms with Crippen LogP contribution in [0.3, 0.4) is 0 Å². The standard InChI is InChI=1S/C14H7Cl3N2O/c15-8-4-2-6-10(11(8)17)18-13-7-3-1-5-9(16)12(7)19-14(13)20/h1-6H,(H,18,19,20). The van der Waals surface area contributed by atoms with Crippen LogP contribution in [0, 0.1) is 0 Å². The molecular formula is C14H7Cl3N2O. The van der Waals surface area contributed by atoms with Gasteiger partial charge in [0.1, 0.15) is 5.71 Å². The van der Waals surface area contributed by atoms with Crippen LogP contribution in [0.4, 0.5) is 11.4 Å². The summed E-state index contributed by atoms with van der Waals surface area (Å²) >= 11 is 18.1. The van der Waals surface area contributed by atoms with Crippen LogP contribution in [0.25, 0.3) is 0 Å². The number of fused-ring (bicyclic) bond motifs is 1. The summed E-state index contributed by atoms with van der Waals surface area (Å²) in [5.74, 6) is -0.316. The number of hydrogen-bond acceptors (Lipinski definition) is 2. The average molecular weight is 326 g/mol. The van der Waals surface area contributed by atoms with Crippen molar-refractivity contribution in [3.8, 4) is 0 Å². The number of benzene rings is 2. The van der Waals surface area contributed by atoms with E-state index in [2.05, 4.69) is 10.3 Å². The van der Waals surface area contributed by atoms with E-state index in [1.807, 2.05) is 0 Å². The summed E-state index contributed by atoms with van der Waals surface area (Å²) in [5.41, 5.74) is 1.93. The van der Waals surface area contributed by atoms with Crippen LogP contribution in [-0.4, -0.2) is 11.6 Å². The van der Waals surface area contributed by atoms with Crippen molar-refractivity contribution in [1.82, 2.24) is 0 Å². The summed E-state index contributed by atoms with van der Waals surface area (Å²) in [6.07, 6.45) is 0. The first kappa shape index (κ1) is 13.4. The Morgan fingerprint density at radius 2 is 1.65 bits per heavy atom. The van der Waals surface area contributed by atoms with Crippen molar-refractivity contribution >= 4 is 57.8 Å². The number of nitrogens with zero attached hydrogens (tertiary/aromatic N) is 1. The maximum atomic E-state index is 12.0. The fourth-order valence-electron chi connectivity index (χ4n) is 1.95. The fourth-order valence-corrected chi connectivity index (χ4v) is 2.51. The predicted molar refractivity (Wildman–Crippen MR) is 82.7 cm³/mol. The van der Waals surface area contributed by atoms with Gasteiger partial charge in [-0.25, -0.2) is 4.99 Å².